The van der Waals surface area contributed by atoms with Gasteiger partial charge in [0, 0.05) is 10.7 Å². The molecule has 22 heavy (non-hydrogen) atoms. The summed E-state index contributed by atoms with van der Waals surface area (Å²) in [6.07, 6.45) is 7.31. The van der Waals surface area contributed by atoms with E-state index in [1.54, 1.807) is 0 Å². The van der Waals surface area contributed by atoms with E-state index in [0.29, 0.717) is 0 Å². The smallest absolute Gasteiger partial charge is 0.0831 e. The first-order chi connectivity index (χ1) is 10.4. The second-order valence-corrected chi connectivity index (χ2v) is 6.70. The molecule has 1 nitrogen and oxygen atoms in total. The van der Waals surface area contributed by atoms with Crippen LogP contribution in [0.1, 0.15) is 64.9 Å². The zero-order chi connectivity index (χ0) is 16.6. The van der Waals surface area contributed by atoms with Crippen LogP contribution in [0.5, 0.6) is 0 Å². The average Bonchev–Trinajstić information content (AvgIpc) is 2.45. The summed E-state index contributed by atoms with van der Waals surface area (Å²) in [7, 11) is 0. The van der Waals surface area contributed by atoms with Gasteiger partial charge in [0.05, 0.1) is 5.54 Å². The fourth-order valence-electron chi connectivity index (χ4n) is 2.96. The highest BCUT2D eigenvalue weighted by atomic mass is 35.5. The predicted octanol–water partition coefficient (Wildman–Crippen LogP) is 6.60. The maximum absolute atomic E-state index is 6.21. The van der Waals surface area contributed by atoms with Crippen LogP contribution in [0.4, 0.5) is 0 Å². The Bertz CT molecular complexity index is 506. The van der Waals surface area contributed by atoms with E-state index in [-0.39, 0.29) is 5.54 Å². The molecule has 0 aromatic heterocycles. The van der Waals surface area contributed by atoms with Crippen LogP contribution in [0.2, 0.25) is 5.02 Å². The van der Waals surface area contributed by atoms with Crippen molar-refractivity contribution < 1.29 is 0 Å². The van der Waals surface area contributed by atoms with Crippen molar-refractivity contribution in [1.29, 1.82) is 0 Å². The lowest BCUT2D eigenvalue weighted by Gasteiger charge is -2.38. The number of hydrogen-bond acceptors (Lipinski definition) is 1. The summed E-state index contributed by atoms with van der Waals surface area (Å²) in [4.78, 5) is 0. The maximum Gasteiger partial charge on any atom is 0.0831 e. The molecule has 1 N–H and O–H groups in total. The van der Waals surface area contributed by atoms with Crippen LogP contribution in [-0.4, -0.2) is 0 Å². The topological polar surface area (TPSA) is 12.0 Å². The van der Waals surface area contributed by atoms with E-state index in [0.717, 1.165) is 22.7 Å². The van der Waals surface area contributed by atoms with Crippen molar-refractivity contribution in [3.05, 3.63) is 59.3 Å². The van der Waals surface area contributed by atoms with Crippen LogP contribution in [0.15, 0.2) is 48.7 Å². The summed E-state index contributed by atoms with van der Waals surface area (Å²) in [5.41, 5.74) is 2.96. The van der Waals surface area contributed by atoms with Gasteiger partial charge < -0.3 is 5.32 Å². The first-order valence-electron chi connectivity index (χ1n) is 8.28. The van der Waals surface area contributed by atoms with Gasteiger partial charge in [-0.25, -0.2) is 0 Å². The molecule has 1 aromatic carbocycles. The normalized spacial score (nSPS) is 13.5. The zero-order valence-corrected chi connectivity index (χ0v) is 15.1. The number of halogens is 1. The molecule has 0 spiro atoms. The van der Waals surface area contributed by atoms with E-state index in [1.165, 1.54) is 37.7 Å². The largest absolute Gasteiger partial charge is 0.376 e. The molecule has 0 radical (unpaired) electrons. The van der Waals surface area contributed by atoms with Gasteiger partial charge in [0.15, 0.2) is 0 Å². The third-order valence-electron chi connectivity index (χ3n) is 4.13. The number of rotatable bonds is 10. The Labute approximate surface area is 141 Å². The number of unbranched alkanes of at least 4 members (excludes halogenated alkanes) is 4. The fourth-order valence-corrected chi connectivity index (χ4v) is 3.15. The third kappa shape index (κ3) is 5.21. The van der Waals surface area contributed by atoms with Gasteiger partial charge in [-0.2, -0.15) is 0 Å². The molecule has 122 valence electrons. The highest BCUT2D eigenvalue weighted by Crippen LogP contribution is 2.36. The average molecular weight is 320 g/mol. The summed E-state index contributed by atoms with van der Waals surface area (Å²) in [5.74, 6) is 0. The molecular weight excluding hydrogens is 290 g/mol. The molecule has 0 saturated heterocycles. The minimum atomic E-state index is -0.275. The maximum atomic E-state index is 6.21. The van der Waals surface area contributed by atoms with Gasteiger partial charge >= 0.3 is 0 Å². The first kappa shape index (κ1) is 18.8. The van der Waals surface area contributed by atoms with Crippen molar-refractivity contribution in [2.75, 3.05) is 0 Å². The van der Waals surface area contributed by atoms with Gasteiger partial charge in [-0.1, -0.05) is 81.5 Å². The Morgan fingerprint density at radius 2 is 1.82 bits per heavy atom. The number of allylic oxidation sites excluding steroid dienone is 1. The molecule has 0 bridgehead atoms. The van der Waals surface area contributed by atoms with Crippen LogP contribution < -0.4 is 5.32 Å². The molecule has 0 fully saturated rings. The Kier molecular flexibility index (Phi) is 7.75. The molecule has 0 aliphatic carbocycles. The van der Waals surface area contributed by atoms with Crippen LogP contribution in [0.25, 0.3) is 0 Å². The molecule has 0 aliphatic rings. The highest BCUT2D eigenvalue weighted by molar-refractivity contribution is 6.30. The van der Waals surface area contributed by atoms with Gasteiger partial charge in [0.25, 0.3) is 0 Å². The molecule has 0 aliphatic heterocycles. The minimum Gasteiger partial charge on any atom is -0.376 e. The fraction of sp³-hybridized carbons (Fsp3) is 0.500. The summed E-state index contributed by atoms with van der Waals surface area (Å²) < 4.78 is 0. The second-order valence-electron chi connectivity index (χ2n) is 6.27. The van der Waals surface area contributed by atoms with Gasteiger partial charge in [-0.3, -0.25) is 0 Å². The third-order valence-corrected chi connectivity index (χ3v) is 4.36. The van der Waals surface area contributed by atoms with E-state index in [2.05, 4.69) is 38.4 Å². The Balaban J connectivity index is 3.01. The number of hydrogen-bond donors (Lipinski definition) is 1. The standard InChI is InChI=1S/C20H30ClN/c1-6-7-8-9-10-14-20(16(2)3,22-17(4)5)18-12-11-13-19(21)15-18/h11-13,15,22H,2,4,6-10,14H2,1,3,5H3. The predicted molar refractivity (Wildman–Crippen MR) is 99.3 cm³/mol. The summed E-state index contributed by atoms with van der Waals surface area (Å²) >= 11 is 6.21. The van der Waals surface area contributed by atoms with Gasteiger partial charge in [-0.05, 0) is 38.0 Å². The summed E-state index contributed by atoms with van der Waals surface area (Å²) in [5, 5.41) is 4.34. The molecule has 1 atom stereocenters. The molecule has 0 saturated carbocycles. The van der Waals surface area contributed by atoms with Gasteiger partial charge in [-0.15, -0.1) is 0 Å². The van der Waals surface area contributed by atoms with E-state index >= 15 is 0 Å². The minimum absolute atomic E-state index is 0.275. The molecule has 2 heteroatoms. The molecular formula is C20H30ClN. The molecule has 1 aromatic rings. The quantitative estimate of drug-likeness (QED) is 0.378. The van der Waals surface area contributed by atoms with E-state index in [4.69, 9.17) is 11.6 Å². The number of benzene rings is 1. The monoisotopic (exact) mass is 319 g/mol. The van der Waals surface area contributed by atoms with Crippen molar-refractivity contribution in [1.82, 2.24) is 5.32 Å². The number of nitrogens with one attached hydrogen (secondary N) is 1. The van der Waals surface area contributed by atoms with Crippen LogP contribution in [-0.2, 0) is 5.54 Å². The molecule has 1 rings (SSSR count). The van der Waals surface area contributed by atoms with E-state index in [1.807, 2.05) is 25.1 Å². The van der Waals surface area contributed by atoms with Crippen LogP contribution in [0.3, 0.4) is 0 Å². The van der Waals surface area contributed by atoms with Crippen molar-refractivity contribution >= 4 is 11.6 Å². The van der Waals surface area contributed by atoms with E-state index in [9.17, 15) is 0 Å². The van der Waals surface area contributed by atoms with Gasteiger partial charge in [0.2, 0.25) is 0 Å². The lowest BCUT2D eigenvalue weighted by atomic mass is 9.79. The Morgan fingerprint density at radius 3 is 2.36 bits per heavy atom. The van der Waals surface area contributed by atoms with Crippen molar-refractivity contribution in [2.24, 2.45) is 0 Å². The second kappa shape index (κ2) is 9.05. The van der Waals surface area contributed by atoms with Gasteiger partial charge in [0.1, 0.15) is 0 Å². The lowest BCUT2D eigenvalue weighted by Crippen LogP contribution is -2.42. The SMILES string of the molecule is C=C(C)NC(CCCCCCC)(C(=C)C)c1cccc(Cl)c1. The van der Waals surface area contributed by atoms with Crippen molar-refractivity contribution in [2.45, 2.75) is 64.8 Å². The Hall–Kier alpha value is -1.21. The van der Waals surface area contributed by atoms with Crippen molar-refractivity contribution in [3.63, 3.8) is 0 Å². The van der Waals surface area contributed by atoms with Crippen LogP contribution >= 0.6 is 11.6 Å². The zero-order valence-electron chi connectivity index (χ0n) is 14.3. The van der Waals surface area contributed by atoms with Crippen molar-refractivity contribution in [3.8, 4) is 0 Å². The first-order valence-corrected chi connectivity index (χ1v) is 8.66. The highest BCUT2D eigenvalue weighted by Gasteiger charge is 2.32. The summed E-state index contributed by atoms with van der Waals surface area (Å²) in [6, 6.07) is 8.09. The lowest BCUT2D eigenvalue weighted by molar-refractivity contribution is 0.380. The summed E-state index contributed by atoms with van der Waals surface area (Å²) in [6.45, 7) is 14.6. The van der Waals surface area contributed by atoms with Crippen LogP contribution in [0, 0.1) is 0 Å². The van der Waals surface area contributed by atoms with E-state index < -0.39 is 0 Å². The Morgan fingerprint density at radius 1 is 1.14 bits per heavy atom. The molecule has 1 unspecified atom stereocenters. The molecule has 0 heterocycles. The molecule has 0 amide bonds.